The predicted octanol–water partition coefficient (Wildman–Crippen LogP) is 3.09. The largest absolute Gasteiger partial charge is 0.373 e. The van der Waals surface area contributed by atoms with E-state index in [1.165, 1.54) is 6.20 Å². The minimum Gasteiger partial charge on any atom is -0.373 e. The van der Waals surface area contributed by atoms with Gasteiger partial charge in [-0.15, -0.1) is 0 Å². The zero-order valence-electron chi connectivity index (χ0n) is 11.3. The number of halogens is 1. The highest BCUT2D eigenvalue weighted by atomic mass is 35.5. The smallest absolute Gasteiger partial charge is 0.253 e. The first-order valence-corrected chi connectivity index (χ1v) is 6.49. The lowest BCUT2D eigenvalue weighted by Crippen LogP contribution is -2.45. The van der Waals surface area contributed by atoms with Crippen molar-refractivity contribution < 1.29 is 4.79 Å². The molecular formula is C13H20ClN3O. The normalized spacial score (nSPS) is 11.2. The quantitative estimate of drug-likeness (QED) is 0.864. The van der Waals surface area contributed by atoms with Crippen molar-refractivity contribution in [2.75, 3.05) is 12.4 Å². The van der Waals surface area contributed by atoms with Crippen molar-refractivity contribution >= 4 is 23.3 Å². The van der Waals surface area contributed by atoms with Crippen LogP contribution in [-0.2, 0) is 0 Å². The van der Waals surface area contributed by atoms with Crippen molar-refractivity contribution in [3.63, 3.8) is 0 Å². The molecule has 1 heterocycles. The molecule has 18 heavy (non-hydrogen) atoms. The highest BCUT2D eigenvalue weighted by Gasteiger charge is 2.23. The fourth-order valence-corrected chi connectivity index (χ4v) is 1.71. The molecule has 0 bridgehead atoms. The van der Waals surface area contributed by atoms with E-state index in [-0.39, 0.29) is 11.4 Å². The third kappa shape index (κ3) is 3.35. The molecule has 1 rings (SSSR count). The number of nitrogens with one attached hydrogen (secondary N) is 2. The first kappa shape index (κ1) is 14.8. The summed E-state index contributed by atoms with van der Waals surface area (Å²) in [6, 6.07) is 1.66. The second-order valence-corrected chi connectivity index (χ2v) is 4.93. The molecule has 1 aromatic rings. The first-order valence-electron chi connectivity index (χ1n) is 6.11. The summed E-state index contributed by atoms with van der Waals surface area (Å²) in [7, 11) is 1.75. The predicted molar refractivity (Wildman–Crippen MR) is 75.2 cm³/mol. The van der Waals surface area contributed by atoms with E-state index >= 15 is 0 Å². The Morgan fingerprint density at radius 1 is 1.44 bits per heavy atom. The van der Waals surface area contributed by atoms with Crippen LogP contribution in [-0.4, -0.2) is 23.5 Å². The number of rotatable bonds is 5. The molecule has 0 atom stereocenters. The van der Waals surface area contributed by atoms with Gasteiger partial charge >= 0.3 is 0 Å². The van der Waals surface area contributed by atoms with Crippen molar-refractivity contribution in [3.05, 3.63) is 22.8 Å². The van der Waals surface area contributed by atoms with Crippen LogP contribution in [0.15, 0.2) is 12.3 Å². The second-order valence-electron chi connectivity index (χ2n) is 4.52. The Hall–Kier alpha value is -1.29. The van der Waals surface area contributed by atoms with E-state index in [1.54, 1.807) is 13.1 Å². The lowest BCUT2D eigenvalue weighted by atomic mass is 9.95. The number of nitrogens with zero attached hydrogens (tertiary/aromatic N) is 1. The third-order valence-corrected chi connectivity index (χ3v) is 3.63. The van der Waals surface area contributed by atoms with Crippen LogP contribution in [0, 0.1) is 0 Å². The van der Waals surface area contributed by atoms with E-state index in [1.807, 2.05) is 6.92 Å². The van der Waals surface area contributed by atoms with E-state index in [2.05, 4.69) is 29.5 Å². The first-order chi connectivity index (χ1) is 8.45. The van der Waals surface area contributed by atoms with Crippen molar-refractivity contribution in [1.82, 2.24) is 10.3 Å². The molecule has 0 aliphatic heterocycles. The van der Waals surface area contributed by atoms with Gasteiger partial charge in [-0.05, 0) is 25.8 Å². The van der Waals surface area contributed by atoms with Gasteiger partial charge in [0.2, 0.25) is 0 Å². The topological polar surface area (TPSA) is 54.0 Å². The SMILES string of the molecule is CCC(C)(CC)NC(=O)c1cc(NC)ncc1Cl. The average molecular weight is 270 g/mol. The number of hydrogen-bond acceptors (Lipinski definition) is 3. The molecule has 0 aliphatic carbocycles. The summed E-state index contributed by atoms with van der Waals surface area (Å²) >= 11 is 6.01. The summed E-state index contributed by atoms with van der Waals surface area (Å²) < 4.78 is 0. The standard InChI is InChI=1S/C13H20ClN3O/c1-5-13(3,6-2)17-12(18)9-7-11(15-4)16-8-10(9)14/h7-8H,5-6H2,1-4H3,(H,15,16)(H,17,18). The minimum atomic E-state index is -0.205. The number of carbonyl (C=O) groups excluding carboxylic acids is 1. The Kier molecular flexibility index (Phi) is 4.96. The molecule has 0 spiro atoms. The highest BCUT2D eigenvalue weighted by molar-refractivity contribution is 6.33. The zero-order chi connectivity index (χ0) is 13.8. The number of anilines is 1. The Morgan fingerprint density at radius 3 is 2.56 bits per heavy atom. The van der Waals surface area contributed by atoms with Crippen LogP contribution in [0.3, 0.4) is 0 Å². The number of amides is 1. The van der Waals surface area contributed by atoms with Crippen LogP contribution in [0.4, 0.5) is 5.82 Å². The van der Waals surface area contributed by atoms with Gasteiger partial charge in [0, 0.05) is 18.8 Å². The molecule has 0 unspecified atom stereocenters. The molecule has 0 saturated carbocycles. The Labute approximate surface area is 113 Å². The molecular weight excluding hydrogens is 250 g/mol. The number of pyridine rings is 1. The molecule has 100 valence electrons. The monoisotopic (exact) mass is 269 g/mol. The number of carbonyl (C=O) groups is 1. The molecule has 0 aliphatic rings. The maximum atomic E-state index is 12.2. The summed E-state index contributed by atoms with van der Waals surface area (Å²) in [6.45, 7) is 6.13. The molecule has 0 saturated heterocycles. The second kappa shape index (κ2) is 6.05. The Balaban J connectivity index is 2.97. The van der Waals surface area contributed by atoms with Crippen molar-refractivity contribution in [1.29, 1.82) is 0 Å². The van der Waals surface area contributed by atoms with Gasteiger partial charge in [-0.3, -0.25) is 4.79 Å². The fourth-order valence-electron chi connectivity index (χ4n) is 1.52. The summed E-state index contributed by atoms with van der Waals surface area (Å²) in [6.07, 6.45) is 3.23. The molecule has 1 amide bonds. The van der Waals surface area contributed by atoms with Crippen molar-refractivity contribution in [2.24, 2.45) is 0 Å². The highest BCUT2D eigenvalue weighted by Crippen LogP contribution is 2.20. The lowest BCUT2D eigenvalue weighted by Gasteiger charge is -2.28. The minimum absolute atomic E-state index is 0.162. The average Bonchev–Trinajstić information content (AvgIpc) is 2.39. The third-order valence-electron chi connectivity index (χ3n) is 3.33. The van der Waals surface area contributed by atoms with Crippen LogP contribution in [0.2, 0.25) is 5.02 Å². The fraction of sp³-hybridized carbons (Fsp3) is 0.538. The molecule has 1 aromatic heterocycles. The van der Waals surface area contributed by atoms with Crippen LogP contribution >= 0.6 is 11.6 Å². The number of aromatic nitrogens is 1. The van der Waals surface area contributed by atoms with Crippen molar-refractivity contribution in [3.8, 4) is 0 Å². The molecule has 0 radical (unpaired) electrons. The van der Waals surface area contributed by atoms with Gasteiger partial charge in [0.25, 0.3) is 5.91 Å². The van der Waals surface area contributed by atoms with Crippen LogP contribution in [0.5, 0.6) is 0 Å². The van der Waals surface area contributed by atoms with Gasteiger partial charge in [-0.2, -0.15) is 0 Å². The van der Waals surface area contributed by atoms with E-state index < -0.39 is 0 Å². The van der Waals surface area contributed by atoms with Crippen LogP contribution in [0.1, 0.15) is 44.0 Å². The molecule has 4 nitrogen and oxygen atoms in total. The van der Waals surface area contributed by atoms with Gasteiger partial charge in [0.15, 0.2) is 0 Å². The maximum Gasteiger partial charge on any atom is 0.253 e. The Bertz CT molecular complexity index is 430. The van der Waals surface area contributed by atoms with Gasteiger partial charge < -0.3 is 10.6 Å². The Morgan fingerprint density at radius 2 is 2.06 bits per heavy atom. The summed E-state index contributed by atoms with van der Waals surface area (Å²) in [5, 5.41) is 6.27. The summed E-state index contributed by atoms with van der Waals surface area (Å²) in [5.74, 6) is 0.462. The molecule has 0 aromatic carbocycles. The number of hydrogen-bond donors (Lipinski definition) is 2. The van der Waals surface area contributed by atoms with Gasteiger partial charge in [-0.25, -0.2) is 4.98 Å². The van der Waals surface area contributed by atoms with E-state index in [0.29, 0.717) is 16.4 Å². The van der Waals surface area contributed by atoms with E-state index in [0.717, 1.165) is 12.8 Å². The molecule has 2 N–H and O–H groups in total. The van der Waals surface area contributed by atoms with Gasteiger partial charge in [0.05, 0.1) is 10.6 Å². The summed E-state index contributed by atoms with van der Waals surface area (Å²) in [4.78, 5) is 16.3. The van der Waals surface area contributed by atoms with E-state index in [4.69, 9.17) is 11.6 Å². The maximum absolute atomic E-state index is 12.2. The zero-order valence-corrected chi connectivity index (χ0v) is 12.1. The van der Waals surface area contributed by atoms with Crippen molar-refractivity contribution in [2.45, 2.75) is 39.2 Å². The lowest BCUT2D eigenvalue weighted by molar-refractivity contribution is 0.0901. The van der Waals surface area contributed by atoms with Crippen LogP contribution < -0.4 is 10.6 Å². The van der Waals surface area contributed by atoms with Gasteiger partial charge in [0.1, 0.15) is 5.82 Å². The summed E-state index contributed by atoms with van der Waals surface area (Å²) in [5.41, 5.74) is 0.243. The van der Waals surface area contributed by atoms with E-state index in [9.17, 15) is 4.79 Å². The molecule has 0 fully saturated rings. The van der Waals surface area contributed by atoms with Gasteiger partial charge in [-0.1, -0.05) is 25.4 Å². The van der Waals surface area contributed by atoms with Crippen LogP contribution in [0.25, 0.3) is 0 Å². The molecule has 5 heteroatoms.